The molecule has 1 atom stereocenters. The molecule has 0 radical (unpaired) electrons. The van der Waals surface area contributed by atoms with Crippen molar-refractivity contribution in [1.82, 2.24) is 9.21 Å². The first-order valence-corrected chi connectivity index (χ1v) is 14.3. The highest BCUT2D eigenvalue weighted by molar-refractivity contribution is 8.02. The highest BCUT2D eigenvalue weighted by atomic mass is 32.2. The van der Waals surface area contributed by atoms with Crippen LogP contribution in [0.15, 0.2) is 58.3 Å². The number of rotatable bonds is 5. The van der Waals surface area contributed by atoms with Crippen molar-refractivity contribution in [1.29, 1.82) is 0 Å². The molecule has 2 saturated heterocycles. The third-order valence-corrected chi connectivity index (χ3v) is 10.8. The summed E-state index contributed by atoms with van der Waals surface area (Å²) in [5.74, 6) is -0.555. The van der Waals surface area contributed by atoms with Gasteiger partial charge < -0.3 is 4.90 Å². The van der Waals surface area contributed by atoms with Crippen LogP contribution >= 0.6 is 11.8 Å². The molecular formula is C21H23FN2O5S3. The maximum Gasteiger partial charge on any atom is 0.255 e. The third-order valence-electron chi connectivity index (χ3n) is 5.56. The normalized spacial score (nSPS) is 21.5. The average molecular weight is 499 g/mol. The van der Waals surface area contributed by atoms with Crippen LogP contribution in [-0.4, -0.2) is 74.9 Å². The first-order chi connectivity index (χ1) is 15.2. The summed E-state index contributed by atoms with van der Waals surface area (Å²) in [6.07, 6.45) is 0.562. The Bertz CT molecular complexity index is 1230. The summed E-state index contributed by atoms with van der Waals surface area (Å²) >= 11 is 1.41. The Kier molecular flexibility index (Phi) is 6.62. The molecule has 0 unspecified atom stereocenters. The van der Waals surface area contributed by atoms with Crippen LogP contribution in [0.4, 0.5) is 4.39 Å². The number of hydrogen-bond donors (Lipinski definition) is 0. The Morgan fingerprint density at radius 1 is 1.03 bits per heavy atom. The van der Waals surface area contributed by atoms with E-state index >= 15 is 0 Å². The minimum atomic E-state index is -3.84. The van der Waals surface area contributed by atoms with Crippen LogP contribution in [0.5, 0.6) is 0 Å². The maximum atomic E-state index is 13.5. The molecule has 2 heterocycles. The molecule has 0 bridgehead atoms. The highest BCUT2D eigenvalue weighted by Crippen LogP contribution is 2.33. The number of benzene rings is 2. The Morgan fingerprint density at radius 2 is 1.75 bits per heavy atom. The van der Waals surface area contributed by atoms with Crippen LogP contribution in [0.3, 0.4) is 0 Å². The summed E-state index contributed by atoms with van der Waals surface area (Å²) in [6, 6.07) is 12.0. The van der Waals surface area contributed by atoms with Crippen LogP contribution in [-0.2, 0) is 19.9 Å². The van der Waals surface area contributed by atoms with Gasteiger partial charge in [0.05, 0.1) is 22.0 Å². The lowest BCUT2D eigenvalue weighted by molar-refractivity contribution is 0.0694. The zero-order chi connectivity index (χ0) is 22.9. The number of nitrogens with zero attached hydrogens (tertiary/aromatic N) is 2. The Labute approximate surface area is 191 Å². The van der Waals surface area contributed by atoms with Gasteiger partial charge in [-0.3, -0.25) is 4.79 Å². The second-order valence-electron chi connectivity index (χ2n) is 7.79. The molecule has 32 heavy (non-hydrogen) atoms. The smallest absolute Gasteiger partial charge is 0.255 e. The van der Waals surface area contributed by atoms with E-state index in [9.17, 15) is 26.0 Å². The molecule has 2 aromatic rings. The second-order valence-corrected chi connectivity index (χ2v) is 13.3. The molecule has 2 aliphatic heterocycles. The number of sulfonamides is 1. The summed E-state index contributed by atoms with van der Waals surface area (Å²) in [5, 5.41) is -0.0813. The molecule has 1 amide bonds. The molecule has 0 saturated carbocycles. The number of thioether (sulfide) groups is 1. The van der Waals surface area contributed by atoms with Crippen molar-refractivity contribution < 1.29 is 26.0 Å². The Hall–Kier alpha value is -1.95. The minimum Gasteiger partial charge on any atom is -0.336 e. The van der Waals surface area contributed by atoms with Gasteiger partial charge in [-0.2, -0.15) is 4.31 Å². The van der Waals surface area contributed by atoms with Crippen LogP contribution < -0.4 is 0 Å². The molecule has 2 aromatic carbocycles. The molecule has 2 fully saturated rings. The topological polar surface area (TPSA) is 91.8 Å². The number of sulfone groups is 1. The minimum absolute atomic E-state index is 0.0813. The van der Waals surface area contributed by atoms with Gasteiger partial charge in [-0.15, -0.1) is 11.8 Å². The van der Waals surface area contributed by atoms with Crippen molar-refractivity contribution in [3.05, 3.63) is 59.9 Å². The van der Waals surface area contributed by atoms with Gasteiger partial charge in [0.1, 0.15) is 5.82 Å². The summed E-state index contributed by atoms with van der Waals surface area (Å²) in [4.78, 5) is 15.4. The number of hydrogen-bond acceptors (Lipinski definition) is 6. The Balaban J connectivity index is 1.44. The fraction of sp³-hybridized carbons (Fsp3) is 0.381. The van der Waals surface area contributed by atoms with Gasteiger partial charge in [-0.1, -0.05) is 18.2 Å². The fourth-order valence-corrected chi connectivity index (χ4v) is 8.93. The van der Waals surface area contributed by atoms with E-state index in [0.717, 1.165) is 11.0 Å². The highest BCUT2D eigenvalue weighted by Gasteiger charge is 2.33. The van der Waals surface area contributed by atoms with Crippen molar-refractivity contribution in [2.45, 2.75) is 21.5 Å². The van der Waals surface area contributed by atoms with Gasteiger partial charge >= 0.3 is 0 Å². The monoisotopic (exact) mass is 498 g/mol. The SMILES string of the molecule is O=C(c1ccccc1S[C@H]1CCS(=O)(=O)C1)N1CCN(S(=O)(=O)c2cccc(F)c2)CC1. The zero-order valence-corrected chi connectivity index (χ0v) is 19.6. The van der Waals surface area contributed by atoms with Crippen molar-refractivity contribution in [2.75, 3.05) is 37.7 Å². The quantitative estimate of drug-likeness (QED) is 0.628. The lowest BCUT2D eigenvalue weighted by Crippen LogP contribution is -2.50. The Morgan fingerprint density at radius 3 is 2.41 bits per heavy atom. The van der Waals surface area contributed by atoms with Gasteiger partial charge in [-0.05, 0) is 36.8 Å². The average Bonchev–Trinajstić information content (AvgIpc) is 3.12. The first-order valence-electron chi connectivity index (χ1n) is 10.2. The molecule has 0 aromatic heterocycles. The third kappa shape index (κ3) is 5.00. The van der Waals surface area contributed by atoms with Crippen LogP contribution in [0, 0.1) is 5.82 Å². The molecule has 0 aliphatic carbocycles. The predicted molar refractivity (Wildman–Crippen MR) is 120 cm³/mol. The van der Waals surface area contributed by atoms with Crippen LogP contribution in [0.2, 0.25) is 0 Å². The van der Waals surface area contributed by atoms with Gasteiger partial charge in [0.25, 0.3) is 5.91 Å². The molecule has 11 heteroatoms. The van der Waals surface area contributed by atoms with Crippen molar-refractivity contribution >= 4 is 37.5 Å². The van der Waals surface area contributed by atoms with E-state index in [-0.39, 0.29) is 53.7 Å². The van der Waals surface area contributed by atoms with Gasteiger partial charge in [0.15, 0.2) is 9.84 Å². The standard InChI is InChI=1S/C21H23FN2O5S3/c22-16-4-3-5-18(14-16)32(28,29)24-11-9-23(10-12-24)21(25)19-6-1-2-7-20(19)30-17-8-13-31(26,27)15-17/h1-7,14,17H,8-13,15H2/t17-/m0/s1. The van der Waals surface area contributed by atoms with Gasteiger partial charge in [0, 0.05) is 36.3 Å². The van der Waals surface area contributed by atoms with Gasteiger partial charge in [0.2, 0.25) is 10.0 Å². The van der Waals surface area contributed by atoms with Crippen molar-refractivity contribution in [3.63, 3.8) is 0 Å². The zero-order valence-electron chi connectivity index (χ0n) is 17.2. The number of amides is 1. The van der Waals surface area contributed by atoms with Crippen LogP contribution in [0.25, 0.3) is 0 Å². The maximum absolute atomic E-state index is 13.5. The van der Waals surface area contributed by atoms with Crippen LogP contribution in [0.1, 0.15) is 16.8 Å². The number of halogens is 1. The first kappa shape index (κ1) is 23.2. The van der Waals surface area contributed by atoms with Crippen molar-refractivity contribution in [3.8, 4) is 0 Å². The summed E-state index contributed by atoms with van der Waals surface area (Å²) in [5.41, 5.74) is 0.489. The number of piperazine rings is 1. The largest absolute Gasteiger partial charge is 0.336 e. The summed E-state index contributed by atoms with van der Waals surface area (Å²) in [7, 11) is -6.86. The second kappa shape index (κ2) is 9.12. The summed E-state index contributed by atoms with van der Waals surface area (Å²) < 4.78 is 63.8. The molecular weight excluding hydrogens is 475 g/mol. The molecule has 2 aliphatic rings. The molecule has 0 spiro atoms. The molecule has 7 nitrogen and oxygen atoms in total. The lowest BCUT2D eigenvalue weighted by atomic mass is 10.2. The van der Waals surface area contributed by atoms with Gasteiger partial charge in [-0.25, -0.2) is 21.2 Å². The molecule has 0 N–H and O–H groups in total. The van der Waals surface area contributed by atoms with Crippen molar-refractivity contribution in [2.24, 2.45) is 0 Å². The molecule has 172 valence electrons. The van der Waals surface area contributed by atoms with E-state index < -0.39 is 25.7 Å². The van der Waals surface area contributed by atoms with E-state index in [1.54, 1.807) is 17.0 Å². The predicted octanol–water partition coefficient (Wildman–Crippen LogP) is 2.25. The fourth-order valence-electron chi connectivity index (χ4n) is 3.86. The van der Waals surface area contributed by atoms with E-state index in [1.807, 2.05) is 12.1 Å². The lowest BCUT2D eigenvalue weighted by Gasteiger charge is -2.34. The van der Waals surface area contributed by atoms with E-state index in [0.29, 0.717) is 12.0 Å². The number of carbonyl (C=O) groups is 1. The van der Waals surface area contributed by atoms with E-state index in [1.165, 1.54) is 34.3 Å². The number of carbonyl (C=O) groups excluding carboxylic acids is 1. The van der Waals surface area contributed by atoms with E-state index in [2.05, 4.69) is 0 Å². The van der Waals surface area contributed by atoms with E-state index in [4.69, 9.17) is 0 Å². The molecule has 4 rings (SSSR count). The summed E-state index contributed by atoms with van der Waals surface area (Å²) in [6.45, 7) is 0.649.